The summed E-state index contributed by atoms with van der Waals surface area (Å²) >= 11 is 3.56. The molecule has 110 valence electrons. The van der Waals surface area contributed by atoms with Gasteiger partial charge in [0.1, 0.15) is 0 Å². The topological polar surface area (TPSA) is 41.6 Å². The summed E-state index contributed by atoms with van der Waals surface area (Å²) in [5.74, 6) is 0.116. The third-order valence-corrected chi connectivity index (χ3v) is 4.36. The third-order valence-electron chi connectivity index (χ3n) is 3.66. The van der Waals surface area contributed by atoms with Crippen LogP contribution in [0.4, 0.5) is 5.69 Å². The van der Waals surface area contributed by atoms with Gasteiger partial charge in [-0.25, -0.2) is 0 Å². The van der Waals surface area contributed by atoms with Crippen LogP contribution in [0.25, 0.3) is 10.8 Å². The number of fused-ring (bicyclic) bond motifs is 1. The van der Waals surface area contributed by atoms with E-state index in [4.69, 9.17) is 4.74 Å². The number of ether oxygens (including phenoxy) is 1. The summed E-state index contributed by atoms with van der Waals surface area (Å²) in [5, 5.41) is 5.51. The molecule has 0 atom stereocenters. The summed E-state index contributed by atoms with van der Waals surface area (Å²) in [5.41, 5.74) is 0.982. The van der Waals surface area contributed by atoms with Crippen LogP contribution < -0.4 is 5.32 Å². The second-order valence-electron chi connectivity index (χ2n) is 4.99. The molecule has 1 saturated heterocycles. The molecule has 0 radical (unpaired) electrons. The highest BCUT2D eigenvalue weighted by molar-refractivity contribution is 9.10. The molecular weight excluding hydrogens is 332 g/mol. The first kappa shape index (κ1) is 14.4. The minimum Gasteiger partial charge on any atom is -0.378 e. The lowest BCUT2D eigenvalue weighted by molar-refractivity contribution is -0.133. The predicted molar refractivity (Wildman–Crippen MR) is 87.5 cm³/mol. The van der Waals surface area contributed by atoms with E-state index in [0.717, 1.165) is 20.9 Å². The monoisotopic (exact) mass is 348 g/mol. The van der Waals surface area contributed by atoms with Crippen molar-refractivity contribution in [3.8, 4) is 0 Å². The summed E-state index contributed by atoms with van der Waals surface area (Å²) in [6, 6.07) is 12.1. The first-order chi connectivity index (χ1) is 10.3. The van der Waals surface area contributed by atoms with Crippen molar-refractivity contribution in [1.29, 1.82) is 0 Å². The van der Waals surface area contributed by atoms with Crippen molar-refractivity contribution in [3.63, 3.8) is 0 Å². The van der Waals surface area contributed by atoms with Gasteiger partial charge in [-0.2, -0.15) is 0 Å². The van der Waals surface area contributed by atoms with Crippen molar-refractivity contribution < 1.29 is 9.53 Å². The van der Waals surface area contributed by atoms with Crippen LogP contribution >= 0.6 is 15.9 Å². The number of amides is 1. The number of nitrogens with one attached hydrogen (secondary N) is 1. The van der Waals surface area contributed by atoms with Crippen molar-refractivity contribution in [3.05, 3.63) is 40.9 Å². The van der Waals surface area contributed by atoms with Gasteiger partial charge in [0, 0.05) is 28.6 Å². The second kappa shape index (κ2) is 6.45. The van der Waals surface area contributed by atoms with E-state index < -0.39 is 0 Å². The highest BCUT2D eigenvalue weighted by atomic mass is 79.9. The van der Waals surface area contributed by atoms with Gasteiger partial charge in [-0.05, 0) is 17.5 Å². The Hall–Kier alpha value is -1.59. The highest BCUT2D eigenvalue weighted by Crippen LogP contribution is 2.29. The van der Waals surface area contributed by atoms with E-state index in [1.165, 1.54) is 0 Å². The Morgan fingerprint density at radius 1 is 1.14 bits per heavy atom. The third kappa shape index (κ3) is 3.19. The summed E-state index contributed by atoms with van der Waals surface area (Å²) in [7, 11) is 0. The van der Waals surface area contributed by atoms with E-state index in [1.807, 2.05) is 29.2 Å². The molecule has 1 aliphatic rings. The van der Waals surface area contributed by atoms with Crippen LogP contribution in [0, 0.1) is 0 Å². The lowest BCUT2D eigenvalue weighted by Crippen LogP contribution is -2.43. The number of carbonyl (C=O) groups excluding carboxylic acids is 1. The molecule has 2 aromatic rings. The molecule has 21 heavy (non-hydrogen) atoms. The molecule has 0 spiro atoms. The normalized spacial score (nSPS) is 15.2. The zero-order valence-electron chi connectivity index (χ0n) is 11.6. The van der Waals surface area contributed by atoms with Crippen LogP contribution in [0.1, 0.15) is 0 Å². The summed E-state index contributed by atoms with van der Waals surface area (Å²) in [6.07, 6.45) is 0. The van der Waals surface area contributed by atoms with Gasteiger partial charge in [0.15, 0.2) is 0 Å². The number of hydrogen-bond donors (Lipinski definition) is 1. The molecule has 1 amide bonds. The fourth-order valence-corrected chi connectivity index (χ4v) is 2.99. The van der Waals surface area contributed by atoms with Crippen LogP contribution in [-0.2, 0) is 9.53 Å². The SMILES string of the molecule is O=C(CNc1ccc(Br)c2ccccc12)N1CCOCC1. The van der Waals surface area contributed by atoms with Crippen LogP contribution in [-0.4, -0.2) is 43.7 Å². The molecule has 1 fully saturated rings. The largest absolute Gasteiger partial charge is 0.378 e. The number of halogens is 1. The van der Waals surface area contributed by atoms with E-state index >= 15 is 0 Å². The number of anilines is 1. The second-order valence-corrected chi connectivity index (χ2v) is 5.84. The maximum absolute atomic E-state index is 12.2. The number of benzene rings is 2. The molecule has 1 aliphatic heterocycles. The van der Waals surface area contributed by atoms with Crippen molar-refractivity contribution in [2.45, 2.75) is 0 Å². The molecular formula is C16H17BrN2O2. The Bertz CT molecular complexity index is 654. The fraction of sp³-hybridized carbons (Fsp3) is 0.312. The van der Waals surface area contributed by atoms with Gasteiger partial charge in [-0.1, -0.05) is 40.2 Å². The maximum Gasteiger partial charge on any atom is 0.242 e. The molecule has 4 nitrogen and oxygen atoms in total. The summed E-state index contributed by atoms with van der Waals surface area (Å²) in [6.45, 7) is 2.94. The van der Waals surface area contributed by atoms with Crippen molar-refractivity contribution in [2.24, 2.45) is 0 Å². The lowest BCUT2D eigenvalue weighted by atomic mass is 10.1. The van der Waals surface area contributed by atoms with Crippen LogP contribution in [0.2, 0.25) is 0 Å². The summed E-state index contributed by atoms with van der Waals surface area (Å²) in [4.78, 5) is 14.0. The van der Waals surface area contributed by atoms with Crippen molar-refractivity contribution in [2.75, 3.05) is 38.2 Å². The van der Waals surface area contributed by atoms with Crippen molar-refractivity contribution in [1.82, 2.24) is 4.90 Å². The quantitative estimate of drug-likeness (QED) is 0.927. The maximum atomic E-state index is 12.2. The highest BCUT2D eigenvalue weighted by Gasteiger charge is 2.16. The molecule has 3 rings (SSSR count). The average Bonchev–Trinajstić information content (AvgIpc) is 2.55. The van der Waals surface area contributed by atoms with Gasteiger partial charge in [0.2, 0.25) is 5.91 Å². The van der Waals surface area contributed by atoms with Gasteiger partial charge in [-0.3, -0.25) is 4.79 Å². The Morgan fingerprint density at radius 2 is 1.86 bits per heavy atom. The minimum absolute atomic E-state index is 0.116. The smallest absolute Gasteiger partial charge is 0.242 e. The molecule has 0 unspecified atom stereocenters. The number of rotatable bonds is 3. The zero-order valence-corrected chi connectivity index (χ0v) is 13.2. The first-order valence-corrected chi connectivity index (χ1v) is 7.81. The predicted octanol–water partition coefficient (Wildman–Crippen LogP) is 2.87. The van der Waals surface area contributed by atoms with Gasteiger partial charge >= 0.3 is 0 Å². The van der Waals surface area contributed by atoms with Gasteiger partial charge in [-0.15, -0.1) is 0 Å². The van der Waals surface area contributed by atoms with Gasteiger partial charge in [0.25, 0.3) is 0 Å². The average molecular weight is 349 g/mol. The number of carbonyl (C=O) groups is 1. The van der Waals surface area contributed by atoms with Crippen molar-refractivity contribution >= 4 is 38.3 Å². The van der Waals surface area contributed by atoms with Crippen LogP contribution in [0.5, 0.6) is 0 Å². The molecule has 5 heteroatoms. The van der Waals surface area contributed by atoms with E-state index in [-0.39, 0.29) is 5.91 Å². The molecule has 2 aromatic carbocycles. The number of hydrogen-bond acceptors (Lipinski definition) is 3. The molecule has 1 N–H and O–H groups in total. The molecule has 0 bridgehead atoms. The lowest BCUT2D eigenvalue weighted by Gasteiger charge is -2.27. The summed E-state index contributed by atoms with van der Waals surface area (Å²) < 4.78 is 6.32. The minimum atomic E-state index is 0.116. The zero-order chi connectivity index (χ0) is 14.7. The van der Waals surface area contributed by atoms with Crippen LogP contribution in [0.15, 0.2) is 40.9 Å². The van der Waals surface area contributed by atoms with E-state index in [1.54, 1.807) is 0 Å². The van der Waals surface area contributed by atoms with E-state index in [2.05, 4.69) is 33.4 Å². The Kier molecular flexibility index (Phi) is 4.41. The van der Waals surface area contributed by atoms with Gasteiger partial charge < -0.3 is 15.0 Å². The Balaban J connectivity index is 1.73. The number of morpholine rings is 1. The Morgan fingerprint density at radius 3 is 2.62 bits per heavy atom. The fourth-order valence-electron chi connectivity index (χ4n) is 2.51. The van der Waals surface area contributed by atoms with E-state index in [9.17, 15) is 4.79 Å². The molecule has 0 aromatic heterocycles. The molecule has 0 aliphatic carbocycles. The van der Waals surface area contributed by atoms with Gasteiger partial charge in [0.05, 0.1) is 19.8 Å². The molecule has 0 saturated carbocycles. The standard InChI is InChI=1S/C16H17BrN2O2/c17-14-5-6-15(13-4-2-1-3-12(13)14)18-11-16(20)19-7-9-21-10-8-19/h1-6,18H,7-11H2. The first-order valence-electron chi connectivity index (χ1n) is 7.02. The number of nitrogens with zero attached hydrogens (tertiary/aromatic N) is 1. The van der Waals surface area contributed by atoms with E-state index in [0.29, 0.717) is 32.8 Å². The Labute approximate surface area is 132 Å². The molecule has 1 heterocycles. The van der Waals surface area contributed by atoms with Crippen LogP contribution in [0.3, 0.4) is 0 Å².